The van der Waals surface area contributed by atoms with Crippen LogP contribution in [0.25, 0.3) is 0 Å². The fourth-order valence-electron chi connectivity index (χ4n) is 3.15. The van der Waals surface area contributed by atoms with Crippen LogP contribution in [0.1, 0.15) is 47.3 Å². The van der Waals surface area contributed by atoms with Gasteiger partial charge in [-0.2, -0.15) is 0 Å². The summed E-state index contributed by atoms with van der Waals surface area (Å²) < 4.78 is 0. The number of rotatable bonds is 7. The fourth-order valence-corrected chi connectivity index (χ4v) is 3.15. The van der Waals surface area contributed by atoms with Gasteiger partial charge in [-0.3, -0.25) is 14.5 Å². The highest BCUT2D eigenvalue weighted by molar-refractivity contribution is 6.02. The van der Waals surface area contributed by atoms with Crippen LogP contribution in [0.4, 0.5) is 4.79 Å². The Balaban J connectivity index is 1.72. The highest BCUT2D eigenvalue weighted by Crippen LogP contribution is 2.19. The fraction of sp³-hybridized carbons (Fsp3) is 0.286. The maximum absolute atomic E-state index is 12.8. The molecule has 140 valence electrons. The van der Waals surface area contributed by atoms with E-state index in [-0.39, 0.29) is 30.9 Å². The van der Waals surface area contributed by atoms with Crippen molar-refractivity contribution in [3.63, 3.8) is 0 Å². The molecular formula is C21H23N3O3. The third-order valence-electron chi connectivity index (χ3n) is 4.55. The Morgan fingerprint density at radius 3 is 2.59 bits per heavy atom. The summed E-state index contributed by atoms with van der Waals surface area (Å²) in [4.78, 5) is 37.3. The van der Waals surface area contributed by atoms with E-state index in [9.17, 15) is 14.4 Å². The lowest BCUT2D eigenvalue weighted by Gasteiger charge is -2.19. The molecule has 3 rings (SSSR count). The molecule has 1 atom stereocenters. The Bertz CT molecular complexity index is 820. The van der Waals surface area contributed by atoms with Crippen molar-refractivity contribution in [3.8, 4) is 0 Å². The lowest BCUT2D eigenvalue weighted by atomic mass is 10.0. The molecule has 1 aliphatic rings. The van der Waals surface area contributed by atoms with Crippen molar-refractivity contribution in [1.29, 1.82) is 0 Å². The quantitative estimate of drug-likeness (QED) is 0.741. The summed E-state index contributed by atoms with van der Waals surface area (Å²) in [5.41, 5.74) is 2.32. The van der Waals surface area contributed by atoms with Crippen molar-refractivity contribution in [2.75, 3.05) is 6.54 Å². The Labute approximate surface area is 158 Å². The number of benzene rings is 2. The van der Waals surface area contributed by atoms with Gasteiger partial charge in [-0.15, -0.1) is 0 Å². The van der Waals surface area contributed by atoms with Gasteiger partial charge in [0.05, 0.1) is 19.1 Å². The first-order valence-corrected chi connectivity index (χ1v) is 9.11. The molecule has 0 radical (unpaired) electrons. The first kappa shape index (κ1) is 18.6. The molecule has 1 fully saturated rings. The zero-order chi connectivity index (χ0) is 19.2. The molecule has 0 aromatic heterocycles. The monoisotopic (exact) mass is 365 g/mol. The van der Waals surface area contributed by atoms with Crippen molar-refractivity contribution in [2.24, 2.45) is 0 Å². The largest absolute Gasteiger partial charge is 0.345 e. The van der Waals surface area contributed by atoms with Gasteiger partial charge in [0.25, 0.3) is 5.91 Å². The number of nitrogens with one attached hydrogen (secondary N) is 2. The Kier molecular flexibility index (Phi) is 5.86. The second kappa shape index (κ2) is 8.49. The van der Waals surface area contributed by atoms with E-state index in [0.29, 0.717) is 5.56 Å². The van der Waals surface area contributed by atoms with E-state index < -0.39 is 6.03 Å². The number of hydrogen-bond donors (Lipinski definition) is 2. The van der Waals surface area contributed by atoms with E-state index in [1.54, 1.807) is 24.3 Å². The summed E-state index contributed by atoms with van der Waals surface area (Å²) in [7, 11) is 0. The van der Waals surface area contributed by atoms with Crippen molar-refractivity contribution in [3.05, 3.63) is 71.3 Å². The number of hydrogen-bond acceptors (Lipinski definition) is 3. The summed E-state index contributed by atoms with van der Waals surface area (Å²) in [6.45, 7) is 2.26. The minimum atomic E-state index is -0.401. The predicted octanol–water partition coefficient (Wildman–Crippen LogP) is 3.01. The average molecular weight is 365 g/mol. The highest BCUT2D eigenvalue weighted by atomic mass is 16.2. The van der Waals surface area contributed by atoms with Gasteiger partial charge in [0.15, 0.2) is 0 Å². The number of amides is 4. The van der Waals surface area contributed by atoms with Crippen molar-refractivity contribution >= 4 is 17.8 Å². The van der Waals surface area contributed by atoms with E-state index in [1.165, 1.54) is 0 Å². The van der Waals surface area contributed by atoms with Crippen LogP contribution in [0.15, 0.2) is 54.6 Å². The molecule has 2 N–H and O–H groups in total. The standard InChI is InChI=1S/C21H23N3O3/c1-2-7-18(16-9-4-3-5-10-16)23-20(26)17-11-6-8-15(12-17)14-24-19(25)13-22-21(24)27/h3-6,8-12,18H,2,7,13-14H2,1H3,(H,22,27)(H,23,26)/t18-/m1/s1. The highest BCUT2D eigenvalue weighted by Gasteiger charge is 2.28. The van der Waals surface area contributed by atoms with Crippen LogP contribution >= 0.6 is 0 Å². The molecular weight excluding hydrogens is 342 g/mol. The molecule has 0 unspecified atom stereocenters. The van der Waals surface area contributed by atoms with Gasteiger partial charge in [-0.05, 0) is 29.7 Å². The molecule has 27 heavy (non-hydrogen) atoms. The SMILES string of the molecule is CCC[C@@H](NC(=O)c1cccc(CN2C(=O)CNC2=O)c1)c1ccccc1. The Morgan fingerprint density at radius 2 is 1.93 bits per heavy atom. The van der Waals surface area contributed by atoms with Crippen molar-refractivity contribution in [1.82, 2.24) is 15.5 Å². The number of carbonyl (C=O) groups is 3. The molecule has 0 saturated carbocycles. The first-order chi connectivity index (χ1) is 13.1. The molecule has 1 saturated heterocycles. The van der Waals surface area contributed by atoms with Gasteiger partial charge in [0.2, 0.25) is 5.91 Å². The van der Waals surface area contributed by atoms with Crippen LogP contribution in [-0.4, -0.2) is 29.3 Å². The zero-order valence-corrected chi connectivity index (χ0v) is 15.3. The van der Waals surface area contributed by atoms with Gasteiger partial charge in [0, 0.05) is 5.56 Å². The minimum absolute atomic E-state index is 0.0226. The van der Waals surface area contributed by atoms with Gasteiger partial charge in [0.1, 0.15) is 0 Å². The van der Waals surface area contributed by atoms with E-state index in [4.69, 9.17) is 0 Å². The molecule has 1 aliphatic heterocycles. The van der Waals surface area contributed by atoms with Crippen LogP contribution in [0.2, 0.25) is 0 Å². The number of imide groups is 1. The van der Waals surface area contributed by atoms with Gasteiger partial charge >= 0.3 is 6.03 Å². The lowest BCUT2D eigenvalue weighted by molar-refractivity contribution is -0.125. The molecule has 6 nitrogen and oxygen atoms in total. The summed E-state index contributed by atoms with van der Waals surface area (Å²) >= 11 is 0. The minimum Gasteiger partial charge on any atom is -0.345 e. The normalized spacial score (nSPS) is 14.8. The molecule has 1 heterocycles. The van der Waals surface area contributed by atoms with Crippen LogP contribution in [0, 0.1) is 0 Å². The smallest absolute Gasteiger partial charge is 0.324 e. The van der Waals surface area contributed by atoms with Gasteiger partial charge in [-0.1, -0.05) is 55.8 Å². The number of carbonyl (C=O) groups excluding carboxylic acids is 3. The van der Waals surface area contributed by atoms with Crippen molar-refractivity contribution in [2.45, 2.75) is 32.4 Å². The molecule has 4 amide bonds. The van der Waals surface area contributed by atoms with Gasteiger partial charge in [-0.25, -0.2) is 4.79 Å². The topological polar surface area (TPSA) is 78.5 Å². The molecule has 0 spiro atoms. The Hall–Kier alpha value is -3.15. The van der Waals surface area contributed by atoms with Crippen LogP contribution in [-0.2, 0) is 11.3 Å². The van der Waals surface area contributed by atoms with Gasteiger partial charge < -0.3 is 10.6 Å². The lowest BCUT2D eigenvalue weighted by Crippen LogP contribution is -2.31. The number of nitrogens with zero attached hydrogens (tertiary/aromatic N) is 1. The molecule has 0 aliphatic carbocycles. The second-order valence-corrected chi connectivity index (χ2v) is 6.56. The third-order valence-corrected chi connectivity index (χ3v) is 4.55. The third kappa shape index (κ3) is 4.53. The molecule has 2 aromatic rings. The zero-order valence-electron chi connectivity index (χ0n) is 15.3. The van der Waals surface area contributed by atoms with Crippen molar-refractivity contribution < 1.29 is 14.4 Å². The van der Waals surface area contributed by atoms with Crippen LogP contribution < -0.4 is 10.6 Å². The van der Waals surface area contributed by atoms with E-state index in [1.807, 2.05) is 30.3 Å². The first-order valence-electron chi connectivity index (χ1n) is 9.11. The van der Waals surface area contributed by atoms with E-state index >= 15 is 0 Å². The Morgan fingerprint density at radius 1 is 1.15 bits per heavy atom. The van der Waals surface area contributed by atoms with Crippen LogP contribution in [0.3, 0.4) is 0 Å². The second-order valence-electron chi connectivity index (χ2n) is 6.56. The van der Waals surface area contributed by atoms with E-state index in [0.717, 1.165) is 28.9 Å². The average Bonchev–Trinajstić information content (AvgIpc) is 3.00. The summed E-state index contributed by atoms with van der Waals surface area (Å²) in [6, 6.07) is 16.5. The van der Waals surface area contributed by atoms with Crippen LogP contribution in [0.5, 0.6) is 0 Å². The molecule has 2 aromatic carbocycles. The molecule has 0 bridgehead atoms. The van der Waals surface area contributed by atoms with E-state index in [2.05, 4.69) is 17.6 Å². The summed E-state index contributed by atoms with van der Waals surface area (Å²) in [5.74, 6) is -0.432. The maximum atomic E-state index is 12.8. The molecule has 6 heteroatoms. The summed E-state index contributed by atoms with van der Waals surface area (Å²) in [6.07, 6.45) is 1.80. The maximum Gasteiger partial charge on any atom is 0.324 e. The number of urea groups is 1. The summed E-state index contributed by atoms with van der Waals surface area (Å²) in [5, 5.41) is 5.58. The predicted molar refractivity (Wildman–Crippen MR) is 102 cm³/mol.